The van der Waals surface area contributed by atoms with Crippen molar-refractivity contribution in [1.29, 1.82) is 0 Å². The third-order valence-electron chi connectivity index (χ3n) is 4.00. The predicted octanol–water partition coefficient (Wildman–Crippen LogP) is 2.04. The van der Waals surface area contributed by atoms with Crippen molar-refractivity contribution in [1.82, 2.24) is 5.32 Å². The van der Waals surface area contributed by atoms with Gasteiger partial charge in [-0.2, -0.15) is 0 Å². The number of hydrogen-bond acceptors (Lipinski definition) is 6. The molecule has 1 aliphatic heterocycles. The highest BCUT2D eigenvalue weighted by Crippen LogP contribution is 2.34. The van der Waals surface area contributed by atoms with E-state index < -0.39 is 12.1 Å². The van der Waals surface area contributed by atoms with Gasteiger partial charge in [0, 0.05) is 0 Å². The molecule has 0 unspecified atom stereocenters. The maximum atomic E-state index is 12.4. The zero-order valence-electron chi connectivity index (χ0n) is 14.7. The zero-order valence-corrected chi connectivity index (χ0v) is 14.7. The van der Waals surface area contributed by atoms with Gasteiger partial charge in [0.15, 0.2) is 11.5 Å². The van der Waals surface area contributed by atoms with Gasteiger partial charge in [0.1, 0.15) is 0 Å². The molecule has 25 heavy (non-hydrogen) atoms. The summed E-state index contributed by atoms with van der Waals surface area (Å²) < 4.78 is 15.7. The lowest BCUT2D eigenvalue weighted by Crippen LogP contribution is -2.42. The van der Waals surface area contributed by atoms with Crippen LogP contribution in [0.4, 0.5) is 0 Å². The number of nitrogens with one attached hydrogen (secondary N) is 1. The van der Waals surface area contributed by atoms with Crippen molar-refractivity contribution in [2.24, 2.45) is 5.73 Å². The molecule has 0 saturated carbocycles. The number of ether oxygens (including phenoxy) is 3. The summed E-state index contributed by atoms with van der Waals surface area (Å²) in [6, 6.07) is 4.20. The molecule has 1 aliphatic rings. The first-order valence-electron chi connectivity index (χ1n) is 8.66. The maximum absolute atomic E-state index is 12.4. The van der Waals surface area contributed by atoms with Crippen LogP contribution in [-0.2, 0) is 14.3 Å². The quantitative estimate of drug-likeness (QED) is 0.661. The van der Waals surface area contributed by atoms with Crippen LogP contribution in [-0.4, -0.2) is 31.3 Å². The Labute approximate surface area is 147 Å². The van der Waals surface area contributed by atoms with Crippen LogP contribution in [0.3, 0.4) is 0 Å². The number of nitrogens with two attached hydrogens (primary N) is 1. The largest absolute Gasteiger partial charge is 0.466 e. The van der Waals surface area contributed by atoms with Gasteiger partial charge in [0.2, 0.25) is 12.7 Å². The number of hydrogen-bond donors (Lipinski definition) is 2. The fraction of sp³-hybridized carbons (Fsp3) is 0.556. The number of esters is 1. The van der Waals surface area contributed by atoms with E-state index in [1.54, 1.807) is 25.1 Å². The number of carbonyl (C=O) groups excluding carboxylic acids is 2. The number of amides is 1. The molecule has 2 rings (SSSR count). The molecule has 138 valence electrons. The molecule has 0 radical (unpaired) electrons. The standard InChI is InChI=1S/C18H26N2O5/c1-3-5-6-13(19)18(22)20-14(10-17(21)23-4-2)12-7-8-15-16(9-12)25-11-24-15/h7-9,13-14H,3-6,10-11,19H2,1-2H3,(H,20,22)/t13-,14-/m0/s1. The Balaban J connectivity index is 2.12. The molecular weight excluding hydrogens is 324 g/mol. The van der Waals surface area contributed by atoms with Crippen LogP contribution in [0.25, 0.3) is 0 Å². The number of unbranched alkanes of at least 4 members (excludes halogenated alkanes) is 1. The predicted molar refractivity (Wildman–Crippen MR) is 92.2 cm³/mol. The van der Waals surface area contributed by atoms with Gasteiger partial charge in [0.05, 0.1) is 25.1 Å². The second-order valence-corrected chi connectivity index (χ2v) is 5.93. The summed E-state index contributed by atoms with van der Waals surface area (Å²) in [6.07, 6.45) is 2.48. The van der Waals surface area contributed by atoms with Gasteiger partial charge in [-0.05, 0) is 31.0 Å². The molecule has 0 aromatic heterocycles. The maximum Gasteiger partial charge on any atom is 0.308 e. The first kappa shape index (κ1) is 19.1. The summed E-state index contributed by atoms with van der Waals surface area (Å²) in [5.74, 6) is 0.577. The van der Waals surface area contributed by atoms with Crippen molar-refractivity contribution in [3.8, 4) is 11.5 Å². The minimum atomic E-state index is -0.598. The van der Waals surface area contributed by atoms with E-state index in [1.807, 2.05) is 6.92 Å². The third kappa shape index (κ3) is 5.35. The van der Waals surface area contributed by atoms with Crippen LogP contribution in [0.5, 0.6) is 11.5 Å². The SMILES string of the molecule is CCCC[C@H](N)C(=O)N[C@@H](CC(=O)OCC)c1ccc2c(c1)OCO2. The molecule has 0 saturated heterocycles. The Bertz CT molecular complexity index is 605. The fourth-order valence-corrected chi connectivity index (χ4v) is 2.60. The first-order chi connectivity index (χ1) is 12.0. The lowest BCUT2D eigenvalue weighted by atomic mass is 10.0. The Morgan fingerprint density at radius 1 is 1.28 bits per heavy atom. The minimum absolute atomic E-state index is 0.0275. The molecule has 1 aromatic rings. The second-order valence-electron chi connectivity index (χ2n) is 5.93. The molecule has 0 aliphatic carbocycles. The Morgan fingerprint density at radius 3 is 2.76 bits per heavy atom. The smallest absolute Gasteiger partial charge is 0.308 e. The van der Waals surface area contributed by atoms with E-state index in [9.17, 15) is 9.59 Å². The minimum Gasteiger partial charge on any atom is -0.466 e. The van der Waals surface area contributed by atoms with Gasteiger partial charge in [-0.15, -0.1) is 0 Å². The Kier molecular flexibility index (Phi) is 7.06. The molecule has 0 fully saturated rings. The van der Waals surface area contributed by atoms with Crippen LogP contribution < -0.4 is 20.5 Å². The summed E-state index contributed by atoms with van der Waals surface area (Å²) in [5.41, 5.74) is 6.68. The van der Waals surface area contributed by atoms with Crippen molar-refractivity contribution in [3.63, 3.8) is 0 Å². The van der Waals surface area contributed by atoms with Crippen molar-refractivity contribution >= 4 is 11.9 Å². The molecule has 1 aromatic carbocycles. The van der Waals surface area contributed by atoms with Gasteiger partial charge in [0.25, 0.3) is 0 Å². The van der Waals surface area contributed by atoms with E-state index in [2.05, 4.69) is 5.32 Å². The van der Waals surface area contributed by atoms with E-state index in [4.69, 9.17) is 19.9 Å². The summed E-state index contributed by atoms with van der Waals surface area (Å²) in [4.78, 5) is 24.3. The average Bonchev–Trinajstić information content (AvgIpc) is 3.06. The van der Waals surface area contributed by atoms with Crippen molar-refractivity contribution in [2.45, 2.75) is 51.6 Å². The Hall–Kier alpha value is -2.28. The fourth-order valence-electron chi connectivity index (χ4n) is 2.60. The van der Waals surface area contributed by atoms with E-state index in [-0.39, 0.29) is 31.7 Å². The number of rotatable bonds is 9. The molecule has 2 atom stereocenters. The highest BCUT2D eigenvalue weighted by atomic mass is 16.7. The van der Waals surface area contributed by atoms with Gasteiger partial charge in [-0.3, -0.25) is 9.59 Å². The molecule has 7 nitrogen and oxygen atoms in total. The highest BCUT2D eigenvalue weighted by Gasteiger charge is 2.24. The van der Waals surface area contributed by atoms with Crippen LogP contribution >= 0.6 is 0 Å². The average molecular weight is 350 g/mol. The number of fused-ring (bicyclic) bond motifs is 1. The zero-order chi connectivity index (χ0) is 18.2. The number of carbonyl (C=O) groups is 2. The first-order valence-corrected chi connectivity index (χ1v) is 8.66. The van der Waals surface area contributed by atoms with Crippen LogP contribution in [0.1, 0.15) is 51.1 Å². The monoisotopic (exact) mass is 350 g/mol. The summed E-state index contributed by atoms with van der Waals surface area (Å²) >= 11 is 0. The van der Waals surface area contributed by atoms with Crippen LogP contribution in [0.15, 0.2) is 18.2 Å². The highest BCUT2D eigenvalue weighted by molar-refractivity contribution is 5.82. The van der Waals surface area contributed by atoms with Gasteiger partial charge in [-0.1, -0.05) is 25.8 Å². The van der Waals surface area contributed by atoms with Crippen LogP contribution in [0, 0.1) is 0 Å². The lowest BCUT2D eigenvalue weighted by molar-refractivity contribution is -0.143. The number of benzene rings is 1. The normalized spacial score (nSPS) is 14.7. The summed E-state index contributed by atoms with van der Waals surface area (Å²) in [5, 5.41) is 2.86. The summed E-state index contributed by atoms with van der Waals surface area (Å²) in [7, 11) is 0. The van der Waals surface area contributed by atoms with Gasteiger partial charge in [-0.25, -0.2) is 0 Å². The lowest BCUT2D eigenvalue weighted by Gasteiger charge is -2.21. The van der Waals surface area contributed by atoms with Crippen molar-refractivity contribution in [3.05, 3.63) is 23.8 Å². The van der Waals surface area contributed by atoms with Crippen LogP contribution in [0.2, 0.25) is 0 Å². The molecule has 7 heteroatoms. The van der Waals surface area contributed by atoms with Gasteiger partial charge >= 0.3 is 5.97 Å². The summed E-state index contributed by atoms with van der Waals surface area (Å²) in [6.45, 7) is 4.24. The van der Waals surface area contributed by atoms with E-state index >= 15 is 0 Å². The third-order valence-corrected chi connectivity index (χ3v) is 4.00. The molecular formula is C18H26N2O5. The van der Waals surface area contributed by atoms with Crippen molar-refractivity contribution in [2.75, 3.05) is 13.4 Å². The molecule has 3 N–H and O–H groups in total. The van der Waals surface area contributed by atoms with Gasteiger partial charge < -0.3 is 25.3 Å². The molecule has 0 bridgehead atoms. The second kappa shape index (κ2) is 9.27. The van der Waals surface area contributed by atoms with E-state index in [1.165, 1.54) is 0 Å². The van der Waals surface area contributed by atoms with E-state index in [0.717, 1.165) is 18.4 Å². The molecule has 1 heterocycles. The molecule has 1 amide bonds. The topological polar surface area (TPSA) is 99.9 Å². The van der Waals surface area contributed by atoms with Crippen molar-refractivity contribution < 1.29 is 23.8 Å². The Morgan fingerprint density at radius 2 is 2.04 bits per heavy atom. The van der Waals surface area contributed by atoms with E-state index in [0.29, 0.717) is 17.9 Å². The molecule has 0 spiro atoms.